The Hall–Kier alpha value is -1.27. The molecule has 1 aromatic rings. The second-order valence-electron chi connectivity index (χ2n) is 6.33. The van der Waals surface area contributed by atoms with E-state index in [0.29, 0.717) is 12.2 Å². The summed E-state index contributed by atoms with van der Waals surface area (Å²) >= 11 is 0. The lowest BCUT2D eigenvalue weighted by Crippen LogP contribution is -2.45. The summed E-state index contributed by atoms with van der Waals surface area (Å²) in [7, 11) is 0. The van der Waals surface area contributed by atoms with E-state index in [1.54, 1.807) is 0 Å². The van der Waals surface area contributed by atoms with Crippen molar-refractivity contribution in [3.8, 4) is 5.75 Å². The lowest BCUT2D eigenvalue weighted by molar-refractivity contribution is -0.274. The average Bonchev–Trinajstić information content (AvgIpc) is 2.51. The van der Waals surface area contributed by atoms with Crippen LogP contribution in [-0.2, 0) is 4.74 Å². The van der Waals surface area contributed by atoms with Gasteiger partial charge in [0.25, 0.3) is 0 Å². The number of morpholine rings is 1. The average molecular weight is 502 g/mol. The largest absolute Gasteiger partial charge is 0.573 e. The van der Waals surface area contributed by atoms with Crippen LogP contribution < -0.4 is 15.8 Å². The third-order valence-electron chi connectivity index (χ3n) is 3.77. The fourth-order valence-corrected chi connectivity index (χ4v) is 2.89. The molecule has 0 radical (unpaired) electrons. The van der Waals surface area contributed by atoms with E-state index in [1.807, 2.05) is 0 Å². The predicted octanol–water partition coefficient (Wildman–Crippen LogP) is 3.43. The minimum atomic E-state index is -4.70. The third-order valence-corrected chi connectivity index (χ3v) is 3.77. The summed E-state index contributed by atoms with van der Waals surface area (Å²) < 4.78 is 45.8. The highest BCUT2D eigenvalue weighted by molar-refractivity contribution is 14.0. The molecule has 2 rings (SSSR count). The molecule has 0 spiro atoms. The number of ether oxygens (including phenoxy) is 2. The maximum absolute atomic E-state index is 12.1. The van der Waals surface area contributed by atoms with Gasteiger partial charge in [0.15, 0.2) is 5.96 Å². The number of aliphatic imine (C=N–C) groups is 1. The zero-order valence-electron chi connectivity index (χ0n) is 15.3. The summed E-state index contributed by atoms with van der Waals surface area (Å²) in [6.07, 6.45) is -3.37. The number of halogens is 4. The van der Waals surface area contributed by atoms with E-state index in [9.17, 15) is 13.2 Å². The lowest BCUT2D eigenvalue weighted by atomic mass is 10.2. The number of nitrogens with one attached hydrogen (secondary N) is 1. The van der Waals surface area contributed by atoms with E-state index in [-0.39, 0.29) is 47.9 Å². The van der Waals surface area contributed by atoms with Gasteiger partial charge >= 0.3 is 6.36 Å². The molecule has 1 saturated heterocycles. The molecule has 154 valence electrons. The number of nitrogens with two attached hydrogens (primary N) is 1. The van der Waals surface area contributed by atoms with Crippen LogP contribution in [0.1, 0.15) is 20.3 Å². The number of hydrogen-bond acceptors (Lipinski definition) is 4. The van der Waals surface area contributed by atoms with E-state index in [2.05, 4.69) is 33.8 Å². The summed E-state index contributed by atoms with van der Waals surface area (Å²) in [4.78, 5) is 6.58. The Labute approximate surface area is 174 Å². The highest BCUT2D eigenvalue weighted by Crippen LogP contribution is 2.23. The van der Waals surface area contributed by atoms with E-state index < -0.39 is 6.36 Å². The molecule has 1 heterocycles. The SMILES string of the molecule is CC1CN(CCCN=C(N)Nc2ccc(OC(F)(F)F)cc2)CC(C)O1.I. The maximum atomic E-state index is 12.1. The zero-order chi connectivity index (χ0) is 19.2. The normalized spacial score (nSPS) is 21.4. The van der Waals surface area contributed by atoms with Crippen molar-refractivity contribution in [1.29, 1.82) is 0 Å². The first-order valence-corrected chi connectivity index (χ1v) is 8.52. The van der Waals surface area contributed by atoms with Crippen molar-refractivity contribution in [2.75, 3.05) is 31.5 Å². The van der Waals surface area contributed by atoms with Gasteiger partial charge in [-0.3, -0.25) is 9.89 Å². The number of alkyl halides is 3. The van der Waals surface area contributed by atoms with E-state index in [1.165, 1.54) is 24.3 Å². The molecular weight excluding hydrogens is 476 g/mol. The zero-order valence-corrected chi connectivity index (χ0v) is 17.7. The first kappa shape index (κ1) is 23.8. The van der Waals surface area contributed by atoms with Gasteiger partial charge < -0.3 is 20.5 Å². The van der Waals surface area contributed by atoms with Crippen LogP contribution in [0.2, 0.25) is 0 Å². The van der Waals surface area contributed by atoms with Gasteiger partial charge in [0.1, 0.15) is 5.75 Å². The number of nitrogens with zero attached hydrogens (tertiary/aromatic N) is 2. The van der Waals surface area contributed by atoms with Crippen LogP contribution in [0.25, 0.3) is 0 Å². The minimum Gasteiger partial charge on any atom is -0.406 e. The van der Waals surface area contributed by atoms with Crippen molar-refractivity contribution < 1.29 is 22.6 Å². The van der Waals surface area contributed by atoms with Crippen molar-refractivity contribution >= 4 is 35.6 Å². The quantitative estimate of drug-likeness (QED) is 0.270. The summed E-state index contributed by atoms with van der Waals surface area (Å²) in [6, 6.07) is 5.31. The summed E-state index contributed by atoms with van der Waals surface area (Å²) in [5.74, 6) is -0.0641. The molecule has 1 fully saturated rings. The predicted molar refractivity (Wildman–Crippen MR) is 110 cm³/mol. The first-order chi connectivity index (χ1) is 12.2. The molecular formula is C17H26F3IN4O2. The smallest absolute Gasteiger partial charge is 0.406 e. The Morgan fingerprint density at radius 3 is 2.41 bits per heavy atom. The first-order valence-electron chi connectivity index (χ1n) is 8.52. The Morgan fingerprint density at radius 1 is 1.26 bits per heavy atom. The highest BCUT2D eigenvalue weighted by Gasteiger charge is 2.30. The number of anilines is 1. The molecule has 1 aliphatic heterocycles. The van der Waals surface area contributed by atoms with Crippen molar-refractivity contribution in [1.82, 2.24) is 4.90 Å². The number of hydrogen-bond donors (Lipinski definition) is 2. The molecule has 27 heavy (non-hydrogen) atoms. The standard InChI is InChI=1S/C17H25F3N4O2.HI/c1-12-10-24(11-13(2)25-12)9-3-8-22-16(21)23-14-4-6-15(7-5-14)26-17(18,19)20;/h4-7,12-13H,3,8-11H2,1-2H3,(H3,21,22,23);1H. The van der Waals surface area contributed by atoms with Gasteiger partial charge in [0.2, 0.25) is 0 Å². The second-order valence-corrected chi connectivity index (χ2v) is 6.33. The van der Waals surface area contributed by atoms with E-state index >= 15 is 0 Å². The van der Waals surface area contributed by atoms with Crippen LogP contribution in [0.4, 0.5) is 18.9 Å². The number of guanidine groups is 1. The molecule has 6 nitrogen and oxygen atoms in total. The molecule has 0 bridgehead atoms. The van der Waals surface area contributed by atoms with Gasteiger partial charge in [-0.2, -0.15) is 0 Å². The van der Waals surface area contributed by atoms with Gasteiger partial charge in [-0.15, -0.1) is 37.1 Å². The van der Waals surface area contributed by atoms with E-state index in [0.717, 1.165) is 26.1 Å². The maximum Gasteiger partial charge on any atom is 0.573 e. The fraction of sp³-hybridized carbons (Fsp3) is 0.588. The Bertz CT molecular complexity index is 589. The molecule has 1 aromatic carbocycles. The summed E-state index contributed by atoms with van der Waals surface area (Å²) in [6.45, 7) is 7.43. The van der Waals surface area contributed by atoms with Gasteiger partial charge in [0.05, 0.1) is 12.2 Å². The molecule has 0 aliphatic carbocycles. The number of benzene rings is 1. The highest BCUT2D eigenvalue weighted by atomic mass is 127. The van der Waals surface area contributed by atoms with Gasteiger partial charge in [-0.25, -0.2) is 0 Å². The van der Waals surface area contributed by atoms with Crippen LogP contribution in [0.3, 0.4) is 0 Å². The van der Waals surface area contributed by atoms with Crippen molar-refractivity contribution in [2.45, 2.75) is 38.8 Å². The van der Waals surface area contributed by atoms with Gasteiger partial charge in [-0.1, -0.05) is 0 Å². The molecule has 0 aromatic heterocycles. The van der Waals surface area contributed by atoms with Gasteiger partial charge in [-0.05, 0) is 44.5 Å². The van der Waals surface area contributed by atoms with Crippen molar-refractivity contribution in [3.05, 3.63) is 24.3 Å². The van der Waals surface area contributed by atoms with Crippen LogP contribution in [0.5, 0.6) is 5.75 Å². The molecule has 0 amide bonds. The minimum absolute atomic E-state index is 0. The van der Waals surface area contributed by atoms with E-state index in [4.69, 9.17) is 10.5 Å². The molecule has 3 N–H and O–H groups in total. The lowest BCUT2D eigenvalue weighted by Gasteiger charge is -2.35. The molecule has 2 unspecified atom stereocenters. The Balaban J connectivity index is 0.00000364. The van der Waals surface area contributed by atoms with Crippen LogP contribution in [-0.4, -0.2) is 55.6 Å². The molecule has 1 aliphatic rings. The van der Waals surface area contributed by atoms with Crippen LogP contribution >= 0.6 is 24.0 Å². The summed E-state index contributed by atoms with van der Waals surface area (Å²) in [5.41, 5.74) is 6.34. The molecule has 10 heteroatoms. The monoisotopic (exact) mass is 502 g/mol. The summed E-state index contributed by atoms with van der Waals surface area (Å²) in [5, 5.41) is 2.84. The molecule has 0 saturated carbocycles. The molecule has 2 atom stereocenters. The van der Waals surface area contributed by atoms with Crippen molar-refractivity contribution in [3.63, 3.8) is 0 Å². The Kier molecular flexibility index (Phi) is 9.60. The van der Waals surface area contributed by atoms with Crippen LogP contribution in [0, 0.1) is 0 Å². The number of rotatable bonds is 6. The Morgan fingerprint density at radius 2 is 1.85 bits per heavy atom. The topological polar surface area (TPSA) is 72.1 Å². The fourth-order valence-electron chi connectivity index (χ4n) is 2.89. The second kappa shape index (κ2) is 10.9. The third kappa shape index (κ3) is 9.47. The van der Waals surface area contributed by atoms with Crippen molar-refractivity contribution in [2.24, 2.45) is 10.7 Å². The van der Waals surface area contributed by atoms with Crippen LogP contribution in [0.15, 0.2) is 29.3 Å². The van der Waals surface area contributed by atoms with Gasteiger partial charge in [0, 0.05) is 31.9 Å².